The van der Waals surface area contributed by atoms with Gasteiger partial charge in [-0.2, -0.15) is 0 Å². The molecule has 1 nitrogen and oxygen atoms in total. The van der Waals surface area contributed by atoms with E-state index in [0.717, 1.165) is 30.5 Å². The fourth-order valence-electron chi connectivity index (χ4n) is 2.52. The quantitative estimate of drug-likeness (QED) is 0.764. The van der Waals surface area contributed by atoms with Gasteiger partial charge in [-0.05, 0) is 60.7 Å². The van der Waals surface area contributed by atoms with E-state index in [0.29, 0.717) is 11.6 Å². The van der Waals surface area contributed by atoms with Crippen LogP contribution >= 0.6 is 0 Å². The zero-order chi connectivity index (χ0) is 15.2. The lowest BCUT2D eigenvalue weighted by Gasteiger charge is -2.18. The van der Waals surface area contributed by atoms with Crippen LogP contribution in [0.15, 0.2) is 42.5 Å². The molecule has 0 heterocycles. The van der Waals surface area contributed by atoms with Gasteiger partial charge in [-0.25, -0.2) is 4.39 Å². The Morgan fingerprint density at radius 2 is 1.81 bits per heavy atom. The van der Waals surface area contributed by atoms with Crippen molar-refractivity contribution in [2.75, 3.05) is 6.54 Å². The largest absolute Gasteiger partial charge is 0.310 e. The van der Waals surface area contributed by atoms with Gasteiger partial charge in [-0.3, -0.25) is 0 Å². The summed E-state index contributed by atoms with van der Waals surface area (Å²) in [4.78, 5) is 0. The lowest BCUT2D eigenvalue weighted by molar-refractivity contribution is 0.518. The predicted octanol–water partition coefficient (Wildman–Crippen LogP) is 5.25. The lowest BCUT2D eigenvalue weighted by atomic mass is 9.97. The first-order valence-electron chi connectivity index (χ1n) is 7.75. The summed E-state index contributed by atoms with van der Waals surface area (Å²) in [7, 11) is 0. The Hall–Kier alpha value is -1.67. The Bertz CT molecular complexity index is 592. The molecule has 0 radical (unpaired) electrons. The molecule has 0 fully saturated rings. The number of nitrogens with one attached hydrogen (secondary N) is 1. The highest BCUT2D eigenvalue weighted by atomic mass is 19.1. The number of aryl methyl sites for hydroxylation is 1. The molecule has 0 aromatic heterocycles. The van der Waals surface area contributed by atoms with Crippen molar-refractivity contribution in [1.82, 2.24) is 5.32 Å². The molecule has 0 saturated heterocycles. The van der Waals surface area contributed by atoms with Crippen molar-refractivity contribution in [2.24, 2.45) is 0 Å². The zero-order valence-corrected chi connectivity index (χ0v) is 13.1. The molecule has 0 bridgehead atoms. The standard InChI is InChI=1S/C19H24FN/c1-4-11-21-19(5-2)17-8-6-7-15(12-17)16-10-9-14(3)18(20)13-16/h6-10,12-13,19,21H,4-5,11H2,1-3H3. The summed E-state index contributed by atoms with van der Waals surface area (Å²) in [5.74, 6) is -0.144. The first-order chi connectivity index (χ1) is 10.2. The molecular formula is C19H24FN. The molecule has 112 valence electrons. The fraction of sp³-hybridized carbons (Fsp3) is 0.368. The Labute approximate surface area is 127 Å². The first-order valence-corrected chi connectivity index (χ1v) is 7.75. The summed E-state index contributed by atoms with van der Waals surface area (Å²) in [6.07, 6.45) is 2.17. The van der Waals surface area contributed by atoms with E-state index in [2.05, 4.69) is 37.4 Å². The highest BCUT2D eigenvalue weighted by molar-refractivity contribution is 5.64. The Balaban J connectivity index is 2.29. The minimum Gasteiger partial charge on any atom is -0.310 e. The van der Waals surface area contributed by atoms with Crippen LogP contribution in [0.5, 0.6) is 0 Å². The molecule has 2 rings (SSSR count). The van der Waals surface area contributed by atoms with E-state index in [9.17, 15) is 4.39 Å². The molecule has 0 aliphatic carbocycles. The minimum atomic E-state index is -0.144. The maximum atomic E-state index is 13.7. The topological polar surface area (TPSA) is 12.0 Å². The average Bonchev–Trinajstić information content (AvgIpc) is 2.51. The van der Waals surface area contributed by atoms with E-state index in [1.807, 2.05) is 18.2 Å². The second kappa shape index (κ2) is 7.37. The van der Waals surface area contributed by atoms with E-state index in [4.69, 9.17) is 0 Å². The maximum Gasteiger partial charge on any atom is 0.126 e. The Kier molecular flexibility index (Phi) is 5.51. The first kappa shape index (κ1) is 15.7. The van der Waals surface area contributed by atoms with E-state index >= 15 is 0 Å². The van der Waals surface area contributed by atoms with Gasteiger partial charge in [0.25, 0.3) is 0 Å². The summed E-state index contributed by atoms with van der Waals surface area (Å²) in [6.45, 7) is 7.16. The average molecular weight is 285 g/mol. The third-order valence-electron chi connectivity index (χ3n) is 3.84. The van der Waals surface area contributed by atoms with Crippen LogP contribution in [0, 0.1) is 12.7 Å². The van der Waals surface area contributed by atoms with Crippen molar-refractivity contribution < 1.29 is 4.39 Å². The van der Waals surface area contributed by atoms with E-state index < -0.39 is 0 Å². The van der Waals surface area contributed by atoms with Crippen molar-refractivity contribution in [3.63, 3.8) is 0 Å². The second-order valence-electron chi connectivity index (χ2n) is 5.50. The highest BCUT2D eigenvalue weighted by Crippen LogP contribution is 2.26. The summed E-state index contributed by atoms with van der Waals surface area (Å²) in [5, 5.41) is 3.56. The van der Waals surface area contributed by atoms with Crippen LogP contribution in [0.25, 0.3) is 11.1 Å². The summed E-state index contributed by atoms with van der Waals surface area (Å²) >= 11 is 0. The molecule has 1 unspecified atom stereocenters. The van der Waals surface area contributed by atoms with Crippen LogP contribution in [-0.2, 0) is 0 Å². The molecule has 2 aromatic carbocycles. The molecule has 2 aromatic rings. The summed E-state index contributed by atoms with van der Waals surface area (Å²) in [5.41, 5.74) is 3.96. The number of hydrogen-bond acceptors (Lipinski definition) is 1. The highest BCUT2D eigenvalue weighted by Gasteiger charge is 2.09. The van der Waals surface area contributed by atoms with Gasteiger partial charge in [0.2, 0.25) is 0 Å². The van der Waals surface area contributed by atoms with Gasteiger partial charge in [0.1, 0.15) is 5.82 Å². The molecule has 0 aliphatic rings. The van der Waals surface area contributed by atoms with Crippen molar-refractivity contribution in [3.05, 3.63) is 59.4 Å². The van der Waals surface area contributed by atoms with Crippen LogP contribution in [0.1, 0.15) is 43.9 Å². The van der Waals surface area contributed by atoms with Crippen LogP contribution < -0.4 is 5.32 Å². The molecule has 2 heteroatoms. The van der Waals surface area contributed by atoms with Crippen LogP contribution in [0.2, 0.25) is 0 Å². The minimum absolute atomic E-state index is 0.144. The maximum absolute atomic E-state index is 13.7. The van der Waals surface area contributed by atoms with E-state index in [-0.39, 0.29) is 5.82 Å². The number of hydrogen-bond donors (Lipinski definition) is 1. The van der Waals surface area contributed by atoms with Crippen LogP contribution in [0.3, 0.4) is 0 Å². The monoisotopic (exact) mass is 285 g/mol. The smallest absolute Gasteiger partial charge is 0.126 e. The number of rotatable bonds is 6. The number of halogens is 1. The third-order valence-corrected chi connectivity index (χ3v) is 3.84. The van der Waals surface area contributed by atoms with Gasteiger partial charge in [0.05, 0.1) is 0 Å². The van der Waals surface area contributed by atoms with Gasteiger partial charge < -0.3 is 5.32 Å². The third kappa shape index (κ3) is 3.92. The van der Waals surface area contributed by atoms with Gasteiger partial charge >= 0.3 is 0 Å². The Morgan fingerprint density at radius 1 is 1.05 bits per heavy atom. The zero-order valence-electron chi connectivity index (χ0n) is 13.1. The molecule has 1 atom stereocenters. The SMILES string of the molecule is CCCNC(CC)c1cccc(-c2ccc(C)c(F)c2)c1. The van der Waals surface area contributed by atoms with Crippen LogP contribution in [0.4, 0.5) is 4.39 Å². The summed E-state index contributed by atoms with van der Waals surface area (Å²) < 4.78 is 13.7. The van der Waals surface area contributed by atoms with E-state index in [1.165, 1.54) is 5.56 Å². The number of benzene rings is 2. The molecule has 0 spiro atoms. The molecule has 0 saturated carbocycles. The molecule has 0 amide bonds. The van der Waals surface area contributed by atoms with Gasteiger partial charge in [0, 0.05) is 6.04 Å². The van der Waals surface area contributed by atoms with Crippen LogP contribution in [-0.4, -0.2) is 6.54 Å². The lowest BCUT2D eigenvalue weighted by Crippen LogP contribution is -2.21. The van der Waals surface area contributed by atoms with Crippen molar-refractivity contribution >= 4 is 0 Å². The van der Waals surface area contributed by atoms with Crippen molar-refractivity contribution in [3.8, 4) is 11.1 Å². The normalized spacial score (nSPS) is 12.4. The summed E-state index contributed by atoms with van der Waals surface area (Å²) in [6, 6.07) is 14.2. The Morgan fingerprint density at radius 3 is 2.48 bits per heavy atom. The molecular weight excluding hydrogens is 261 g/mol. The molecule has 21 heavy (non-hydrogen) atoms. The van der Waals surface area contributed by atoms with Gasteiger partial charge in [-0.15, -0.1) is 0 Å². The molecule has 1 N–H and O–H groups in total. The fourth-order valence-corrected chi connectivity index (χ4v) is 2.52. The van der Waals surface area contributed by atoms with Gasteiger partial charge in [0.15, 0.2) is 0 Å². The molecule has 0 aliphatic heterocycles. The van der Waals surface area contributed by atoms with Crippen molar-refractivity contribution in [1.29, 1.82) is 0 Å². The van der Waals surface area contributed by atoms with E-state index in [1.54, 1.807) is 13.0 Å². The van der Waals surface area contributed by atoms with Crippen molar-refractivity contribution in [2.45, 2.75) is 39.7 Å². The predicted molar refractivity (Wildman–Crippen MR) is 87.9 cm³/mol. The second-order valence-corrected chi connectivity index (χ2v) is 5.50. The van der Waals surface area contributed by atoms with Gasteiger partial charge in [-0.1, -0.05) is 44.2 Å².